The van der Waals surface area contributed by atoms with Crippen LogP contribution in [-0.2, 0) is 9.53 Å². The molecule has 0 saturated carbocycles. The van der Waals surface area contributed by atoms with Gasteiger partial charge in [0.2, 0.25) is 0 Å². The number of aryl methyl sites for hydroxylation is 1. The van der Waals surface area contributed by atoms with Gasteiger partial charge in [-0.1, -0.05) is 0 Å². The number of benzene rings is 1. The number of thiophene rings is 1. The van der Waals surface area contributed by atoms with Crippen molar-refractivity contribution in [2.45, 2.75) is 19.9 Å². The van der Waals surface area contributed by atoms with E-state index in [4.69, 9.17) is 14.2 Å². The van der Waals surface area contributed by atoms with Crippen LogP contribution in [0.1, 0.15) is 33.8 Å². The predicted molar refractivity (Wildman–Crippen MR) is 95.4 cm³/mol. The Kier molecular flexibility index (Phi) is 6.41. The zero-order chi connectivity index (χ0) is 18.4. The molecule has 0 saturated heterocycles. The normalized spacial score (nSPS) is 11.5. The predicted octanol–water partition coefficient (Wildman–Crippen LogP) is 3.11. The molecule has 0 aliphatic rings. The number of hydrogen-bond acceptors (Lipinski definition) is 6. The molecule has 0 unspecified atom stereocenters. The molecule has 1 N–H and O–H groups in total. The molecule has 0 radical (unpaired) electrons. The van der Waals surface area contributed by atoms with Gasteiger partial charge in [0.05, 0.1) is 20.3 Å². The third-order valence-corrected chi connectivity index (χ3v) is 4.66. The summed E-state index contributed by atoms with van der Waals surface area (Å²) >= 11 is 1.29. The molecule has 0 aliphatic carbocycles. The number of carbonyl (C=O) groups is 2. The number of methoxy groups -OCH3 is 2. The fourth-order valence-corrected chi connectivity index (χ4v) is 3.13. The van der Waals surface area contributed by atoms with Gasteiger partial charge in [-0.15, -0.1) is 11.3 Å². The second-order valence-corrected chi connectivity index (χ2v) is 6.32. The first kappa shape index (κ1) is 18.8. The van der Waals surface area contributed by atoms with Crippen LogP contribution in [0.5, 0.6) is 11.5 Å². The van der Waals surface area contributed by atoms with Gasteiger partial charge in [-0.3, -0.25) is 4.79 Å². The molecule has 25 heavy (non-hydrogen) atoms. The Bertz CT molecular complexity index is 756. The molecule has 7 heteroatoms. The number of rotatable bonds is 7. The summed E-state index contributed by atoms with van der Waals surface area (Å²) < 4.78 is 15.6. The Balaban J connectivity index is 1.96. The van der Waals surface area contributed by atoms with Crippen molar-refractivity contribution < 1.29 is 23.8 Å². The van der Waals surface area contributed by atoms with Gasteiger partial charge in [0.25, 0.3) is 5.91 Å². The monoisotopic (exact) mass is 363 g/mol. The molecule has 1 amide bonds. The van der Waals surface area contributed by atoms with E-state index in [1.165, 1.54) is 11.3 Å². The Hall–Kier alpha value is -2.54. The average Bonchev–Trinajstić information content (AvgIpc) is 3.05. The third kappa shape index (κ3) is 4.73. The Morgan fingerprint density at radius 3 is 2.56 bits per heavy atom. The Labute approximate surface area is 150 Å². The molecule has 1 aromatic carbocycles. The lowest BCUT2D eigenvalue weighted by atomic mass is 10.1. The quantitative estimate of drug-likeness (QED) is 0.765. The highest BCUT2D eigenvalue weighted by atomic mass is 32.1. The van der Waals surface area contributed by atoms with Gasteiger partial charge >= 0.3 is 5.97 Å². The third-order valence-electron chi connectivity index (χ3n) is 3.66. The maximum Gasteiger partial charge on any atom is 0.349 e. The molecule has 0 bridgehead atoms. The molecular formula is C18H21NO5S. The van der Waals surface area contributed by atoms with Crippen molar-refractivity contribution in [3.05, 3.63) is 45.6 Å². The minimum absolute atomic E-state index is 0.334. The molecule has 1 heterocycles. The van der Waals surface area contributed by atoms with E-state index in [9.17, 15) is 9.59 Å². The number of carbonyl (C=O) groups excluding carboxylic acids is 2. The summed E-state index contributed by atoms with van der Waals surface area (Å²) in [4.78, 5) is 24.5. The van der Waals surface area contributed by atoms with Gasteiger partial charge < -0.3 is 19.5 Å². The van der Waals surface area contributed by atoms with Crippen molar-refractivity contribution in [1.29, 1.82) is 0 Å². The van der Waals surface area contributed by atoms with Crippen LogP contribution < -0.4 is 14.8 Å². The molecule has 2 aromatic rings. The Morgan fingerprint density at radius 1 is 1.20 bits per heavy atom. The topological polar surface area (TPSA) is 73.9 Å². The highest BCUT2D eigenvalue weighted by Gasteiger charge is 2.18. The maximum atomic E-state index is 12.1. The largest absolute Gasteiger partial charge is 0.497 e. The summed E-state index contributed by atoms with van der Waals surface area (Å²) in [6, 6.07) is 6.85. The molecule has 1 atom stereocenters. The van der Waals surface area contributed by atoms with Gasteiger partial charge in [0.15, 0.2) is 6.61 Å². The van der Waals surface area contributed by atoms with Crippen LogP contribution in [-0.4, -0.2) is 32.7 Å². The molecule has 1 aromatic heterocycles. The van der Waals surface area contributed by atoms with E-state index in [1.54, 1.807) is 32.4 Å². The van der Waals surface area contributed by atoms with Crippen molar-refractivity contribution in [3.63, 3.8) is 0 Å². The highest BCUT2D eigenvalue weighted by molar-refractivity contribution is 7.12. The minimum atomic E-state index is -0.491. The summed E-state index contributed by atoms with van der Waals surface area (Å²) in [7, 11) is 3.13. The van der Waals surface area contributed by atoms with Gasteiger partial charge in [-0.05, 0) is 49.1 Å². The summed E-state index contributed by atoms with van der Waals surface area (Å²) in [6.07, 6.45) is 0. The fraction of sp³-hybridized carbons (Fsp3) is 0.333. The van der Waals surface area contributed by atoms with Crippen molar-refractivity contribution in [2.75, 3.05) is 20.8 Å². The van der Waals surface area contributed by atoms with E-state index in [-0.39, 0.29) is 18.6 Å². The first-order chi connectivity index (χ1) is 12.0. The average molecular weight is 363 g/mol. The lowest BCUT2D eigenvalue weighted by molar-refractivity contribution is -0.124. The van der Waals surface area contributed by atoms with Crippen molar-refractivity contribution in [1.82, 2.24) is 5.32 Å². The number of hydrogen-bond donors (Lipinski definition) is 1. The van der Waals surface area contributed by atoms with E-state index >= 15 is 0 Å². The Morgan fingerprint density at radius 2 is 1.96 bits per heavy atom. The van der Waals surface area contributed by atoms with Crippen LogP contribution in [0, 0.1) is 6.92 Å². The van der Waals surface area contributed by atoms with Crippen LogP contribution in [0.3, 0.4) is 0 Å². The number of esters is 1. The summed E-state index contributed by atoms with van der Waals surface area (Å²) in [5.74, 6) is 0.422. The van der Waals surface area contributed by atoms with Crippen LogP contribution in [0.15, 0.2) is 29.6 Å². The van der Waals surface area contributed by atoms with E-state index in [2.05, 4.69) is 5.32 Å². The highest BCUT2D eigenvalue weighted by Crippen LogP contribution is 2.29. The van der Waals surface area contributed by atoms with E-state index < -0.39 is 5.97 Å². The van der Waals surface area contributed by atoms with E-state index in [0.29, 0.717) is 16.4 Å². The summed E-state index contributed by atoms with van der Waals surface area (Å²) in [6.45, 7) is 3.30. The number of ether oxygens (including phenoxy) is 3. The van der Waals surface area contributed by atoms with Gasteiger partial charge in [-0.2, -0.15) is 0 Å². The molecular weight excluding hydrogens is 342 g/mol. The van der Waals surface area contributed by atoms with Crippen molar-refractivity contribution >= 4 is 23.2 Å². The fourth-order valence-electron chi connectivity index (χ4n) is 2.32. The van der Waals surface area contributed by atoms with Crippen LogP contribution in [0.4, 0.5) is 0 Å². The molecule has 2 rings (SSSR count). The van der Waals surface area contributed by atoms with Crippen LogP contribution in [0.2, 0.25) is 0 Å². The zero-order valence-electron chi connectivity index (χ0n) is 14.6. The van der Waals surface area contributed by atoms with Crippen LogP contribution in [0.25, 0.3) is 0 Å². The minimum Gasteiger partial charge on any atom is -0.497 e. The van der Waals surface area contributed by atoms with Crippen molar-refractivity contribution in [2.24, 2.45) is 0 Å². The van der Waals surface area contributed by atoms with Gasteiger partial charge in [0.1, 0.15) is 16.4 Å². The second-order valence-electron chi connectivity index (χ2n) is 5.41. The summed E-state index contributed by atoms with van der Waals surface area (Å²) in [5, 5.41) is 4.60. The molecule has 6 nitrogen and oxygen atoms in total. The van der Waals surface area contributed by atoms with Gasteiger partial charge in [0, 0.05) is 5.56 Å². The molecule has 0 fully saturated rings. The molecule has 0 spiro atoms. The lowest BCUT2D eigenvalue weighted by Gasteiger charge is -2.18. The summed E-state index contributed by atoms with van der Waals surface area (Å²) in [5.41, 5.74) is 1.61. The number of nitrogens with one attached hydrogen (secondary N) is 1. The molecule has 134 valence electrons. The van der Waals surface area contributed by atoms with E-state index in [0.717, 1.165) is 11.1 Å². The maximum absolute atomic E-state index is 12.1. The van der Waals surface area contributed by atoms with Crippen LogP contribution >= 0.6 is 11.3 Å². The second kappa shape index (κ2) is 8.53. The zero-order valence-corrected chi connectivity index (χ0v) is 15.4. The first-order valence-corrected chi connectivity index (χ1v) is 8.56. The SMILES string of the molecule is COc1ccc(OC)c([C@H](C)NC(=O)COC(=O)c2sccc2C)c1. The number of amides is 1. The molecule has 0 aliphatic heterocycles. The first-order valence-electron chi connectivity index (χ1n) is 7.68. The van der Waals surface area contributed by atoms with Crippen molar-refractivity contribution in [3.8, 4) is 11.5 Å². The smallest absolute Gasteiger partial charge is 0.349 e. The van der Waals surface area contributed by atoms with E-state index in [1.807, 2.05) is 25.3 Å². The standard InChI is InChI=1S/C18H21NO5S/c1-11-7-8-25-17(11)18(21)24-10-16(20)19-12(2)14-9-13(22-3)5-6-15(14)23-4/h5-9,12H,10H2,1-4H3,(H,19,20)/t12-/m0/s1. The lowest BCUT2D eigenvalue weighted by Crippen LogP contribution is -2.31. The van der Waals surface area contributed by atoms with Gasteiger partial charge in [-0.25, -0.2) is 4.79 Å².